The number of nitrogens with two attached hydrogens (primary N) is 1. The van der Waals surface area contributed by atoms with Gasteiger partial charge in [-0.2, -0.15) is 0 Å². The summed E-state index contributed by atoms with van der Waals surface area (Å²) in [4.78, 5) is 18.3. The Kier molecular flexibility index (Phi) is 3.93. The Morgan fingerprint density at radius 2 is 2.29 bits per heavy atom. The molecule has 108 valence electrons. The van der Waals surface area contributed by atoms with E-state index < -0.39 is 10.6 Å². The lowest BCUT2D eigenvalue weighted by Gasteiger charge is -2.07. The number of hydrogen-bond donors (Lipinski definition) is 2. The molecule has 0 fully saturated rings. The molecule has 0 aliphatic heterocycles. The molecule has 0 saturated carbocycles. The molecule has 0 aromatic carbocycles. The second-order valence-electron chi connectivity index (χ2n) is 3.98. The number of amidine groups is 1. The zero-order valence-electron chi connectivity index (χ0n) is 10.9. The molecule has 9 nitrogen and oxygen atoms in total. The summed E-state index contributed by atoms with van der Waals surface area (Å²) in [6, 6.07) is 4.37. The van der Waals surface area contributed by atoms with E-state index in [0.717, 1.165) is 6.07 Å². The van der Waals surface area contributed by atoms with Crippen LogP contribution in [0.1, 0.15) is 11.3 Å². The summed E-state index contributed by atoms with van der Waals surface area (Å²) in [6.45, 7) is 1.70. The van der Waals surface area contributed by atoms with Gasteiger partial charge in [-0.15, -0.1) is 0 Å². The van der Waals surface area contributed by atoms with E-state index in [4.69, 9.17) is 15.7 Å². The maximum Gasteiger partial charge on any atom is 0.332 e. The van der Waals surface area contributed by atoms with Crippen molar-refractivity contribution >= 4 is 11.5 Å². The largest absolute Gasteiger partial charge is 0.432 e. The lowest BCUT2D eigenvalue weighted by atomic mass is 10.2. The molecule has 0 amide bonds. The van der Waals surface area contributed by atoms with Gasteiger partial charge in [0.15, 0.2) is 11.6 Å². The number of aryl methyl sites for hydroxylation is 1. The van der Waals surface area contributed by atoms with Crippen LogP contribution in [0, 0.1) is 17.0 Å². The molecule has 0 bridgehead atoms. The van der Waals surface area contributed by atoms with Crippen LogP contribution in [0.5, 0.6) is 11.6 Å². The van der Waals surface area contributed by atoms with Crippen LogP contribution in [0.4, 0.5) is 5.69 Å². The monoisotopic (exact) mass is 289 g/mol. The summed E-state index contributed by atoms with van der Waals surface area (Å²) in [6.07, 6.45) is 2.79. The normalized spacial score (nSPS) is 11.2. The van der Waals surface area contributed by atoms with E-state index in [1.807, 2.05) is 0 Å². The molecule has 0 radical (unpaired) electrons. The predicted octanol–water partition coefficient (Wildman–Crippen LogP) is 1.58. The second-order valence-corrected chi connectivity index (χ2v) is 3.98. The third kappa shape index (κ3) is 3.03. The minimum Gasteiger partial charge on any atom is -0.432 e. The van der Waals surface area contributed by atoms with E-state index >= 15 is 0 Å². The first-order chi connectivity index (χ1) is 10.0. The number of pyridine rings is 2. The Labute approximate surface area is 118 Å². The molecular formula is C12H11N5O4. The summed E-state index contributed by atoms with van der Waals surface area (Å²) in [5.41, 5.74) is 5.65. The van der Waals surface area contributed by atoms with E-state index in [1.54, 1.807) is 25.3 Å². The zero-order chi connectivity index (χ0) is 15.4. The molecule has 0 unspecified atom stereocenters. The molecule has 3 N–H and O–H groups in total. The van der Waals surface area contributed by atoms with Crippen molar-refractivity contribution < 1.29 is 14.9 Å². The van der Waals surface area contributed by atoms with E-state index in [-0.39, 0.29) is 17.3 Å². The predicted molar refractivity (Wildman–Crippen MR) is 72.5 cm³/mol. The number of ether oxygens (including phenoxy) is 1. The number of aromatic nitrogens is 2. The van der Waals surface area contributed by atoms with E-state index in [2.05, 4.69) is 15.1 Å². The molecule has 2 rings (SSSR count). The molecule has 2 aromatic heterocycles. The van der Waals surface area contributed by atoms with Crippen molar-refractivity contribution in [2.75, 3.05) is 0 Å². The van der Waals surface area contributed by atoms with Gasteiger partial charge in [0, 0.05) is 24.0 Å². The van der Waals surface area contributed by atoms with Crippen molar-refractivity contribution in [2.24, 2.45) is 10.9 Å². The van der Waals surface area contributed by atoms with Gasteiger partial charge < -0.3 is 15.7 Å². The van der Waals surface area contributed by atoms with Crippen molar-refractivity contribution in [3.05, 3.63) is 52.0 Å². The number of nitrogens with zero attached hydrogens (tertiary/aromatic N) is 4. The SMILES string of the molecule is Cc1ncccc1Oc1ncc(/C(N)=N/O)cc1[N+](=O)[O-]. The van der Waals surface area contributed by atoms with Crippen molar-refractivity contribution in [1.82, 2.24) is 9.97 Å². The fraction of sp³-hybridized carbons (Fsp3) is 0.0833. The average Bonchev–Trinajstić information content (AvgIpc) is 2.49. The highest BCUT2D eigenvalue weighted by Gasteiger charge is 2.20. The third-order valence-electron chi connectivity index (χ3n) is 2.60. The molecule has 0 spiro atoms. The van der Waals surface area contributed by atoms with Gasteiger partial charge in [0.2, 0.25) is 0 Å². The fourth-order valence-corrected chi connectivity index (χ4v) is 1.53. The summed E-state index contributed by atoms with van der Waals surface area (Å²) in [5, 5.41) is 22.4. The first-order valence-corrected chi connectivity index (χ1v) is 5.74. The molecular weight excluding hydrogens is 278 g/mol. The van der Waals surface area contributed by atoms with Crippen molar-refractivity contribution in [3.8, 4) is 11.6 Å². The summed E-state index contributed by atoms with van der Waals surface area (Å²) >= 11 is 0. The zero-order valence-corrected chi connectivity index (χ0v) is 10.9. The summed E-state index contributed by atoms with van der Waals surface area (Å²) in [5.74, 6) is -0.134. The van der Waals surface area contributed by atoms with Crippen LogP contribution in [0.3, 0.4) is 0 Å². The molecule has 21 heavy (non-hydrogen) atoms. The van der Waals surface area contributed by atoms with Gasteiger partial charge in [-0.1, -0.05) is 5.16 Å². The first-order valence-electron chi connectivity index (χ1n) is 5.74. The Morgan fingerprint density at radius 1 is 1.52 bits per heavy atom. The Hall–Kier alpha value is -3.23. The highest BCUT2D eigenvalue weighted by molar-refractivity contribution is 5.97. The van der Waals surface area contributed by atoms with Crippen molar-refractivity contribution in [2.45, 2.75) is 6.92 Å². The Morgan fingerprint density at radius 3 is 2.90 bits per heavy atom. The van der Waals surface area contributed by atoms with E-state index in [1.165, 1.54) is 6.20 Å². The van der Waals surface area contributed by atoms with E-state index in [0.29, 0.717) is 11.4 Å². The third-order valence-corrected chi connectivity index (χ3v) is 2.60. The maximum atomic E-state index is 11.1. The topological polar surface area (TPSA) is 137 Å². The average molecular weight is 289 g/mol. The van der Waals surface area contributed by atoms with Crippen molar-refractivity contribution in [1.29, 1.82) is 0 Å². The molecule has 2 heterocycles. The number of oxime groups is 1. The van der Waals surface area contributed by atoms with Crippen LogP contribution in [0.15, 0.2) is 35.7 Å². The van der Waals surface area contributed by atoms with Crippen LogP contribution in [0.25, 0.3) is 0 Å². The Balaban J connectivity index is 2.44. The molecule has 0 aliphatic carbocycles. The number of hydrogen-bond acceptors (Lipinski definition) is 7. The molecule has 2 aromatic rings. The minimum atomic E-state index is -0.664. The van der Waals surface area contributed by atoms with Crippen LogP contribution >= 0.6 is 0 Å². The smallest absolute Gasteiger partial charge is 0.332 e. The molecule has 0 atom stereocenters. The molecule has 0 saturated heterocycles. The highest BCUT2D eigenvalue weighted by Crippen LogP contribution is 2.30. The molecule has 0 aliphatic rings. The number of nitro groups is 1. The second kappa shape index (κ2) is 5.82. The van der Waals surface area contributed by atoms with Gasteiger partial charge in [-0.05, 0) is 19.1 Å². The number of rotatable bonds is 4. The van der Waals surface area contributed by atoms with Crippen LogP contribution in [-0.2, 0) is 0 Å². The van der Waals surface area contributed by atoms with Crippen LogP contribution in [-0.4, -0.2) is 25.9 Å². The van der Waals surface area contributed by atoms with Gasteiger partial charge in [0.25, 0.3) is 5.88 Å². The van der Waals surface area contributed by atoms with Crippen LogP contribution in [0.2, 0.25) is 0 Å². The van der Waals surface area contributed by atoms with Gasteiger partial charge in [-0.3, -0.25) is 15.1 Å². The van der Waals surface area contributed by atoms with Gasteiger partial charge in [0.1, 0.15) is 0 Å². The first kappa shape index (κ1) is 14.2. The van der Waals surface area contributed by atoms with Crippen LogP contribution < -0.4 is 10.5 Å². The van der Waals surface area contributed by atoms with Crippen molar-refractivity contribution in [3.63, 3.8) is 0 Å². The lowest BCUT2D eigenvalue weighted by molar-refractivity contribution is -0.386. The Bertz CT molecular complexity index is 717. The standard InChI is InChI=1S/C12H11N5O4/c1-7-10(3-2-4-14-7)21-12-9(17(19)20)5-8(6-15-12)11(13)16-18/h2-6,18H,1H3,(H2,13,16). The maximum absolute atomic E-state index is 11.1. The quantitative estimate of drug-likeness (QED) is 0.286. The summed E-state index contributed by atoms with van der Waals surface area (Å²) < 4.78 is 5.41. The minimum absolute atomic E-state index is 0.111. The fourth-order valence-electron chi connectivity index (χ4n) is 1.53. The van der Waals surface area contributed by atoms with Gasteiger partial charge >= 0.3 is 5.69 Å². The van der Waals surface area contributed by atoms with E-state index in [9.17, 15) is 10.1 Å². The summed E-state index contributed by atoms with van der Waals surface area (Å²) in [7, 11) is 0. The highest BCUT2D eigenvalue weighted by atomic mass is 16.6. The molecule has 9 heteroatoms. The lowest BCUT2D eigenvalue weighted by Crippen LogP contribution is -2.14. The van der Waals surface area contributed by atoms with Gasteiger partial charge in [0.05, 0.1) is 10.6 Å². The van der Waals surface area contributed by atoms with Gasteiger partial charge in [-0.25, -0.2) is 4.98 Å².